The highest BCUT2D eigenvalue weighted by Gasteiger charge is 2.39. The number of hydrogen-bond donors (Lipinski definition) is 1. The van der Waals surface area contributed by atoms with Gasteiger partial charge >= 0.3 is 5.97 Å². The molecular formula is C17H25O5Si. The summed E-state index contributed by atoms with van der Waals surface area (Å²) in [7, 11) is -0.902. The molecular weight excluding hydrogens is 312 g/mol. The lowest BCUT2D eigenvalue weighted by molar-refractivity contribution is -0.0477. The van der Waals surface area contributed by atoms with E-state index in [2.05, 4.69) is 33.9 Å². The summed E-state index contributed by atoms with van der Waals surface area (Å²) in [5, 5.41) is 9.27. The molecule has 0 saturated heterocycles. The normalized spacial score (nSPS) is 18.8. The molecule has 0 aliphatic carbocycles. The fourth-order valence-corrected chi connectivity index (χ4v) is 3.74. The lowest BCUT2D eigenvalue weighted by Crippen LogP contribution is -2.49. The van der Waals surface area contributed by atoms with Crippen molar-refractivity contribution < 1.29 is 23.8 Å². The molecule has 1 N–H and O–H groups in total. The minimum atomic E-state index is -0.966. The van der Waals surface area contributed by atoms with Gasteiger partial charge in [-0.05, 0) is 37.6 Å². The molecule has 5 nitrogen and oxygen atoms in total. The second-order valence-electron chi connectivity index (χ2n) is 7.15. The van der Waals surface area contributed by atoms with Gasteiger partial charge in [-0.2, -0.15) is 0 Å². The number of carbonyl (C=O) groups is 1. The molecule has 1 aromatic carbocycles. The molecule has 0 aromatic heterocycles. The Kier molecular flexibility index (Phi) is 5.06. The van der Waals surface area contributed by atoms with Crippen molar-refractivity contribution in [2.24, 2.45) is 5.41 Å². The van der Waals surface area contributed by atoms with Gasteiger partial charge in [0, 0.05) is 5.56 Å². The summed E-state index contributed by atoms with van der Waals surface area (Å²) in [5.74, 6) is 0.141. The van der Waals surface area contributed by atoms with Crippen LogP contribution in [0, 0.1) is 12.3 Å². The molecule has 1 radical (unpaired) electrons. The van der Waals surface area contributed by atoms with Crippen LogP contribution in [-0.4, -0.2) is 38.9 Å². The van der Waals surface area contributed by atoms with Crippen LogP contribution < -0.4 is 9.47 Å². The van der Waals surface area contributed by atoms with Crippen molar-refractivity contribution >= 4 is 15.0 Å². The van der Waals surface area contributed by atoms with Crippen molar-refractivity contribution in [2.45, 2.75) is 53.0 Å². The van der Waals surface area contributed by atoms with Gasteiger partial charge in [0.15, 0.2) is 17.6 Å². The van der Waals surface area contributed by atoms with Crippen LogP contribution in [0.4, 0.5) is 0 Å². The molecule has 0 bridgehead atoms. The number of rotatable bonds is 4. The molecule has 0 fully saturated rings. The molecule has 2 unspecified atom stereocenters. The van der Waals surface area contributed by atoms with Crippen molar-refractivity contribution in [1.29, 1.82) is 0 Å². The Balaban J connectivity index is 2.34. The monoisotopic (exact) mass is 337 g/mol. The van der Waals surface area contributed by atoms with Crippen molar-refractivity contribution in [3.05, 3.63) is 23.3 Å². The third-order valence-corrected chi connectivity index (χ3v) is 4.55. The molecule has 2 rings (SSSR count). The predicted molar refractivity (Wildman–Crippen MR) is 89.9 cm³/mol. The molecule has 1 aliphatic heterocycles. The highest BCUT2D eigenvalue weighted by Crippen LogP contribution is 2.39. The fraction of sp³-hybridized carbons (Fsp3) is 0.588. The number of aromatic carboxylic acids is 1. The van der Waals surface area contributed by atoms with E-state index in [1.807, 2.05) is 0 Å². The van der Waals surface area contributed by atoms with Crippen LogP contribution in [0.2, 0.25) is 13.1 Å². The third-order valence-electron chi connectivity index (χ3n) is 3.83. The number of fused-ring (bicyclic) bond motifs is 1. The van der Waals surface area contributed by atoms with Gasteiger partial charge < -0.3 is 19.0 Å². The Bertz CT molecular complexity index is 591. The van der Waals surface area contributed by atoms with Gasteiger partial charge in [-0.15, -0.1) is 0 Å². The highest BCUT2D eigenvalue weighted by atomic mass is 28.3. The predicted octanol–water partition coefficient (Wildman–Crippen LogP) is 3.52. The van der Waals surface area contributed by atoms with Crippen LogP contribution >= 0.6 is 0 Å². The zero-order valence-corrected chi connectivity index (χ0v) is 15.6. The quantitative estimate of drug-likeness (QED) is 0.852. The Morgan fingerprint density at radius 1 is 1.39 bits per heavy atom. The molecule has 1 heterocycles. The first-order valence-corrected chi connectivity index (χ1v) is 10.1. The maximum atomic E-state index is 11.3. The van der Waals surface area contributed by atoms with Crippen LogP contribution in [-0.2, 0) is 4.43 Å². The van der Waals surface area contributed by atoms with E-state index in [1.54, 1.807) is 19.1 Å². The van der Waals surface area contributed by atoms with Gasteiger partial charge in [0.2, 0.25) is 9.04 Å². The average Bonchev–Trinajstić information content (AvgIpc) is 2.43. The van der Waals surface area contributed by atoms with Crippen LogP contribution in [0.5, 0.6) is 11.5 Å². The maximum absolute atomic E-state index is 11.3. The minimum absolute atomic E-state index is 0.105. The van der Waals surface area contributed by atoms with Gasteiger partial charge in [-0.3, -0.25) is 0 Å². The smallest absolute Gasteiger partial charge is 0.336 e. The topological polar surface area (TPSA) is 65.0 Å². The zero-order valence-electron chi connectivity index (χ0n) is 14.6. The summed E-state index contributed by atoms with van der Waals surface area (Å²) < 4.78 is 18.1. The van der Waals surface area contributed by atoms with E-state index in [1.165, 1.54) is 0 Å². The summed E-state index contributed by atoms with van der Waals surface area (Å²) in [6.07, 6.45) is -0.377. The Morgan fingerprint density at radius 2 is 2.04 bits per heavy atom. The summed E-state index contributed by atoms with van der Waals surface area (Å²) >= 11 is 0. The summed E-state index contributed by atoms with van der Waals surface area (Å²) in [6, 6.07) is 3.21. The molecule has 1 aliphatic rings. The average molecular weight is 337 g/mol. The minimum Gasteiger partial charge on any atom is -0.486 e. The fourth-order valence-electron chi connectivity index (χ4n) is 2.73. The summed E-state index contributed by atoms with van der Waals surface area (Å²) in [6.45, 7) is 12.7. The van der Waals surface area contributed by atoms with Gasteiger partial charge in [0.25, 0.3) is 0 Å². The van der Waals surface area contributed by atoms with Crippen LogP contribution in [0.3, 0.4) is 0 Å². The lowest BCUT2D eigenvalue weighted by Gasteiger charge is -2.40. The molecule has 0 spiro atoms. The van der Waals surface area contributed by atoms with Gasteiger partial charge in [0.05, 0.1) is 11.7 Å². The third kappa shape index (κ3) is 3.87. The zero-order chi connectivity index (χ0) is 17.4. The number of carboxylic acids is 1. The van der Waals surface area contributed by atoms with Gasteiger partial charge in [0.1, 0.15) is 6.61 Å². The lowest BCUT2D eigenvalue weighted by atomic mass is 9.85. The van der Waals surface area contributed by atoms with Gasteiger partial charge in [-0.25, -0.2) is 4.79 Å². The summed E-state index contributed by atoms with van der Waals surface area (Å²) in [5.41, 5.74) is 0.717. The molecule has 23 heavy (non-hydrogen) atoms. The SMILES string of the molecule is Cc1c(C(=O)O)ccc2c1OC(C(O[Si](C)C)C(C)(C)C)CO2. The van der Waals surface area contributed by atoms with E-state index in [4.69, 9.17) is 13.9 Å². The van der Waals surface area contributed by atoms with E-state index in [0.29, 0.717) is 23.7 Å². The van der Waals surface area contributed by atoms with Crippen molar-refractivity contribution in [3.63, 3.8) is 0 Å². The molecule has 0 amide bonds. The second-order valence-corrected chi connectivity index (χ2v) is 9.20. The number of ether oxygens (including phenoxy) is 2. The second kappa shape index (κ2) is 6.53. The van der Waals surface area contributed by atoms with Crippen LogP contribution in [0.15, 0.2) is 12.1 Å². The highest BCUT2D eigenvalue weighted by molar-refractivity contribution is 6.48. The Morgan fingerprint density at radius 3 is 2.57 bits per heavy atom. The Labute approximate surface area is 139 Å². The van der Waals surface area contributed by atoms with E-state index in [9.17, 15) is 9.90 Å². The maximum Gasteiger partial charge on any atom is 0.336 e. The first-order valence-electron chi connectivity index (χ1n) is 7.74. The number of carboxylic acid groups (broad SMARTS) is 1. The van der Waals surface area contributed by atoms with Gasteiger partial charge in [-0.1, -0.05) is 20.8 Å². The first kappa shape index (κ1) is 17.8. The molecule has 1 aromatic rings. The van der Waals surface area contributed by atoms with E-state index < -0.39 is 15.0 Å². The van der Waals surface area contributed by atoms with Crippen LogP contribution in [0.1, 0.15) is 36.7 Å². The first-order chi connectivity index (χ1) is 10.6. The van der Waals surface area contributed by atoms with Crippen molar-refractivity contribution in [3.8, 4) is 11.5 Å². The van der Waals surface area contributed by atoms with E-state index in [-0.39, 0.29) is 23.2 Å². The molecule has 0 saturated carbocycles. The standard InChI is InChI=1S/C17H25O5Si/c1-10-11(16(18)19)7-8-12-14(10)21-13(9-20-12)15(17(2,3)4)22-23(5)6/h7-8,13,15H,9H2,1-6H3,(H,18,19). The Hall–Kier alpha value is -1.53. The van der Waals surface area contributed by atoms with E-state index >= 15 is 0 Å². The molecule has 2 atom stereocenters. The molecule has 127 valence electrons. The molecule has 6 heteroatoms. The largest absolute Gasteiger partial charge is 0.486 e. The van der Waals surface area contributed by atoms with Crippen molar-refractivity contribution in [2.75, 3.05) is 6.61 Å². The summed E-state index contributed by atoms with van der Waals surface area (Å²) in [4.78, 5) is 11.3. The van der Waals surface area contributed by atoms with Crippen LogP contribution in [0.25, 0.3) is 0 Å². The number of benzene rings is 1. The number of hydrogen-bond acceptors (Lipinski definition) is 4. The van der Waals surface area contributed by atoms with Crippen molar-refractivity contribution in [1.82, 2.24) is 0 Å². The van der Waals surface area contributed by atoms with E-state index in [0.717, 1.165) is 0 Å².